The summed E-state index contributed by atoms with van der Waals surface area (Å²) in [7, 11) is 0. The summed E-state index contributed by atoms with van der Waals surface area (Å²) in [5.74, 6) is 0.830. The lowest BCUT2D eigenvalue weighted by Gasteiger charge is -2.36. The van der Waals surface area contributed by atoms with Crippen molar-refractivity contribution in [3.8, 4) is 0 Å². The number of thiocarbonyl (C=S) groups is 1. The van der Waals surface area contributed by atoms with E-state index in [0.717, 1.165) is 29.6 Å². The standard InChI is InChI=1S/C15H21N3S/c1-11-3-5-13(6-4-11)18-14(19)16-15(17-18)9-7-12(2)8-10-15/h3-6,12,17H,7-10H2,1-2H3,(H,16,19). The second-order valence-corrected chi connectivity index (χ2v) is 6.36. The van der Waals surface area contributed by atoms with E-state index in [4.69, 9.17) is 12.2 Å². The first-order chi connectivity index (χ1) is 9.08. The normalized spacial score (nSPS) is 30.7. The van der Waals surface area contributed by atoms with Crippen molar-refractivity contribution in [3.05, 3.63) is 29.8 Å². The van der Waals surface area contributed by atoms with Crippen molar-refractivity contribution in [1.29, 1.82) is 0 Å². The summed E-state index contributed by atoms with van der Waals surface area (Å²) < 4.78 is 0. The molecule has 102 valence electrons. The highest BCUT2D eigenvalue weighted by Gasteiger charge is 2.42. The van der Waals surface area contributed by atoms with Crippen LogP contribution in [0.1, 0.15) is 38.2 Å². The van der Waals surface area contributed by atoms with E-state index < -0.39 is 0 Å². The first-order valence-electron chi connectivity index (χ1n) is 7.05. The summed E-state index contributed by atoms with van der Waals surface area (Å²) in [4.78, 5) is 0. The van der Waals surface area contributed by atoms with Gasteiger partial charge in [0.1, 0.15) is 5.66 Å². The van der Waals surface area contributed by atoms with Gasteiger partial charge in [0.2, 0.25) is 0 Å². The van der Waals surface area contributed by atoms with Crippen molar-refractivity contribution in [1.82, 2.24) is 10.7 Å². The van der Waals surface area contributed by atoms with Crippen LogP contribution in [0.4, 0.5) is 5.69 Å². The molecule has 1 spiro atoms. The predicted molar refractivity (Wildman–Crippen MR) is 82.9 cm³/mol. The van der Waals surface area contributed by atoms with E-state index in [2.05, 4.69) is 48.9 Å². The number of nitrogens with zero attached hydrogens (tertiary/aromatic N) is 1. The molecule has 1 aliphatic carbocycles. The molecule has 1 aromatic carbocycles. The molecule has 0 aromatic heterocycles. The molecule has 3 nitrogen and oxygen atoms in total. The Bertz CT molecular complexity index is 475. The van der Waals surface area contributed by atoms with Gasteiger partial charge in [0, 0.05) is 0 Å². The Morgan fingerprint density at radius 2 is 1.84 bits per heavy atom. The van der Waals surface area contributed by atoms with E-state index >= 15 is 0 Å². The van der Waals surface area contributed by atoms with Crippen molar-refractivity contribution in [2.45, 2.75) is 45.2 Å². The molecule has 1 saturated heterocycles. The third kappa shape index (κ3) is 2.47. The maximum Gasteiger partial charge on any atom is 0.189 e. The van der Waals surface area contributed by atoms with Crippen LogP contribution < -0.4 is 15.8 Å². The summed E-state index contributed by atoms with van der Waals surface area (Å²) >= 11 is 5.49. The van der Waals surface area contributed by atoms with Gasteiger partial charge in [0.25, 0.3) is 0 Å². The van der Waals surface area contributed by atoms with Gasteiger partial charge in [-0.25, -0.2) is 5.43 Å². The number of hydrogen-bond donors (Lipinski definition) is 2. The van der Waals surface area contributed by atoms with Crippen LogP contribution in [0.15, 0.2) is 24.3 Å². The number of aryl methyl sites for hydroxylation is 1. The van der Waals surface area contributed by atoms with Gasteiger partial charge >= 0.3 is 0 Å². The summed E-state index contributed by atoms with van der Waals surface area (Å²) in [6, 6.07) is 8.46. The maximum absolute atomic E-state index is 5.49. The maximum atomic E-state index is 5.49. The van der Waals surface area contributed by atoms with Crippen LogP contribution in [-0.4, -0.2) is 10.8 Å². The highest BCUT2D eigenvalue weighted by Crippen LogP contribution is 2.33. The van der Waals surface area contributed by atoms with E-state index in [9.17, 15) is 0 Å². The molecule has 3 rings (SSSR count). The summed E-state index contributed by atoms with van der Waals surface area (Å²) in [6.07, 6.45) is 4.78. The molecule has 4 heteroatoms. The third-order valence-electron chi connectivity index (χ3n) is 4.30. The molecule has 1 heterocycles. The van der Waals surface area contributed by atoms with Crippen LogP contribution in [0.25, 0.3) is 0 Å². The number of anilines is 1. The quantitative estimate of drug-likeness (QED) is 0.770. The Balaban J connectivity index is 1.78. The molecule has 1 aliphatic heterocycles. The highest BCUT2D eigenvalue weighted by molar-refractivity contribution is 7.80. The van der Waals surface area contributed by atoms with Gasteiger partial charge in [-0.2, -0.15) is 0 Å². The number of benzene rings is 1. The molecule has 2 aliphatic rings. The first-order valence-corrected chi connectivity index (χ1v) is 7.46. The van der Waals surface area contributed by atoms with Crippen molar-refractivity contribution in [2.75, 3.05) is 5.01 Å². The molecular weight excluding hydrogens is 254 g/mol. The third-order valence-corrected chi connectivity index (χ3v) is 4.58. The highest BCUT2D eigenvalue weighted by atomic mass is 32.1. The summed E-state index contributed by atoms with van der Waals surface area (Å²) in [5, 5.41) is 6.31. The fourth-order valence-corrected chi connectivity index (χ4v) is 3.27. The molecule has 0 unspecified atom stereocenters. The van der Waals surface area contributed by atoms with Crippen LogP contribution in [0.2, 0.25) is 0 Å². The predicted octanol–water partition coefficient (Wildman–Crippen LogP) is 3.10. The Morgan fingerprint density at radius 1 is 1.21 bits per heavy atom. The molecule has 1 saturated carbocycles. The average molecular weight is 275 g/mol. The average Bonchev–Trinajstić information content (AvgIpc) is 2.72. The van der Waals surface area contributed by atoms with Crippen LogP contribution >= 0.6 is 12.2 Å². The van der Waals surface area contributed by atoms with Crippen LogP contribution in [0.5, 0.6) is 0 Å². The second-order valence-electron chi connectivity index (χ2n) is 5.98. The Labute approximate surface area is 120 Å². The molecular formula is C15H21N3S. The minimum absolute atomic E-state index is 0.0194. The SMILES string of the molecule is Cc1ccc(N2NC3(CCC(C)CC3)NC2=S)cc1. The Kier molecular flexibility index (Phi) is 3.23. The minimum Gasteiger partial charge on any atom is -0.342 e. The second kappa shape index (κ2) is 4.76. The van der Waals surface area contributed by atoms with Crippen molar-refractivity contribution in [3.63, 3.8) is 0 Å². The zero-order valence-corrected chi connectivity index (χ0v) is 12.4. The zero-order chi connectivity index (χ0) is 13.5. The van der Waals surface area contributed by atoms with E-state index in [1.165, 1.54) is 18.4 Å². The van der Waals surface area contributed by atoms with Crippen molar-refractivity contribution < 1.29 is 0 Å². The van der Waals surface area contributed by atoms with Crippen molar-refractivity contribution in [2.24, 2.45) is 5.92 Å². The molecule has 1 aromatic rings. The molecule has 0 atom stereocenters. The molecule has 0 bridgehead atoms. The zero-order valence-electron chi connectivity index (χ0n) is 11.6. The molecule has 0 radical (unpaired) electrons. The molecule has 0 amide bonds. The van der Waals surface area contributed by atoms with Gasteiger partial charge in [0.05, 0.1) is 5.69 Å². The fraction of sp³-hybridized carbons (Fsp3) is 0.533. The van der Waals surface area contributed by atoms with Gasteiger partial charge in [-0.3, -0.25) is 5.01 Å². The van der Waals surface area contributed by atoms with Gasteiger partial charge in [-0.1, -0.05) is 24.6 Å². The largest absolute Gasteiger partial charge is 0.342 e. The van der Waals surface area contributed by atoms with Gasteiger partial charge < -0.3 is 5.32 Å². The van der Waals surface area contributed by atoms with Crippen LogP contribution in [-0.2, 0) is 0 Å². The lowest BCUT2D eigenvalue weighted by atomic mass is 9.83. The smallest absolute Gasteiger partial charge is 0.189 e. The summed E-state index contributed by atoms with van der Waals surface area (Å²) in [6.45, 7) is 4.43. The lowest BCUT2D eigenvalue weighted by molar-refractivity contribution is 0.200. The molecule has 19 heavy (non-hydrogen) atoms. The fourth-order valence-electron chi connectivity index (χ4n) is 2.92. The number of hydrogen-bond acceptors (Lipinski definition) is 2. The molecule has 2 N–H and O–H groups in total. The van der Waals surface area contributed by atoms with Gasteiger partial charge in [0.15, 0.2) is 5.11 Å². The van der Waals surface area contributed by atoms with Crippen LogP contribution in [0.3, 0.4) is 0 Å². The minimum atomic E-state index is -0.0194. The summed E-state index contributed by atoms with van der Waals surface area (Å²) in [5.41, 5.74) is 5.95. The Hall–Kier alpha value is -1.13. The van der Waals surface area contributed by atoms with E-state index in [1.807, 2.05) is 5.01 Å². The number of hydrazine groups is 1. The van der Waals surface area contributed by atoms with Gasteiger partial charge in [-0.15, -0.1) is 0 Å². The number of nitrogens with one attached hydrogen (secondary N) is 2. The molecule has 2 fully saturated rings. The van der Waals surface area contributed by atoms with Crippen molar-refractivity contribution >= 4 is 23.0 Å². The first kappa shape index (κ1) is 12.9. The topological polar surface area (TPSA) is 27.3 Å². The van der Waals surface area contributed by atoms with Gasteiger partial charge in [-0.05, 0) is 62.9 Å². The Morgan fingerprint density at radius 3 is 2.47 bits per heavy atom. The lowest BCUT2D eigenvalue weighted by Crippen LogP contribution is -2.53. The van der Waals surface area contributed by atoms with Crippen LogP contribution in [0, 0.1) is 12.8 Å². The van der Waals surface area contributed by atoms with E-state index in [1.54, 1.807) is 0 Å². The monoisotopic (exact) mass is 275 g/mol. The number of rotatable bonds is 1. The van der Waals surface area contributed by atoms with E-state index in [0.29, 0.717) is 0 Å². The van der Waals surface area contributed by atoms with E-state index in [-0.39, 0.29) is 5.66 Å².